The number of aromatic nitrogens is 3. The molecular formula is C11H11N3O2. The van der Waals surface area contributed by atoms with Crippen LogP contribution in [0.5, 0.6) is 0 Å². The third-order valence-electron chi connectivity index (χ3n) is 2.02. The van der Waals surface area contributed by atoms with E-state index in [9.17, 15) is 4.79 Å². The average Bonchev–Trinajstić information content (AvgIpc) is 2.74. The summed E-state index contributed by atoms with van der Waals surface area (Å²) in [7, 11) is 0. The molecule has 1 N–H and O–H groups in total. The number of esters is 1. The number of H-pyrrole nitrogens is 1. The number of rotatable bonds is 3. The summed E-state index contributed by atoms with van der Waals surface area (Å²) < 4.78 is 4.76. The largest absolute Gasteiger partial charge is 0.463 e. The molecule has 0 radical (unpaired) electrons. The highest BCUT2D eigenvalue weighted by molar-refractivity contribution is 5.87. The van der Waals surface area contributed by atoms with Crippen molar-refractivity contribution in [1.82, 2.24) is 15.2 Å². The van der Waals surface area contributed by atoms with Gasteiger partial charge in [-0.15, -0.1) is 0 Å². The Kier molecular flexibility index (Phi) is 2.95. The van der Waals surface area contributed by atoms with Crippen LogP contribution in [0.3, 0.4) is 0 Å². The first kappa shape index (κ1) is 10.4. The van der Waals surface area contributed by atoms with E-state index in [1.165, 1.54) is 6.08 Å². The molecule has 0 unspecified atom stereocenters. The van der Waals surface area contributed by atoms with Gasteiger partial charge in [0.25, 0.3) is 0 Å². The van der Waals surface area contributed by atoms with E-state index in [2.05, 4.69) is 15.2 Å². The molecule has 0 aliphatic carbocycles. The number of aromatic amines is 1. The van der Waals surface area contributed by atoms with Gasteiger partial charge in [0.15, 0.2) is 0 Å². The van der Waals surface area contributed by atoms with Crippen LogP contribution in [-0.2, 0) is 9.53 Å². The number of nitrogens with one attached hydrogen (secondary N) is 1. The highest BCUT2D eigenvalue weighted by Crippen LogP contribution is 2.10. The molecule has 16 heavy (non-hydrogen) atoms. The zero-order valence-corrected chi connectivity index (χ0v) is 8.80. The van der Waals surface area contributed by atoms with Gasteiger partial charge in [-0.2, -0.15) is 5.10 Å². The first-order valence-corrected chi connectivity index (χ1v) is 4.93. The van der Waals surface area contributed by atoms with Gasteiger partial charge in [0, 0.05) is 11.5 Å². The van der Waals surface area contributed by atoms with E-state index in [1.807, 2.05) is 6.07 Å². The Labute approximate surface area is 92.1 Å². The SMILES string of the molecule is CCOC(=O)C=Cc1cc2cn[nH]c2cn1. The summed E-state index contributed by atoms with van der Waals surface area (Å²) in [5.74, 6) is -0.364. The predicted molar refractivity (Wildman–Crippen MR) is 59.6 cm³/mol. The summed E-state index contributed by atoms with van der Waals surface area (Å²) in [5, 5.41) is 7.65. The molecule has 0 aliphatic rings. The number of carbonyl (C=O) groups excluding carboxylic acids is 1. The van der Waals surface area contributed by atoms with Crippen LogP contribution < -0.4 is 0 Å². The second kappa shape index (κ2) is 4.57. The molecule has 0 saturated carbocycles. The lowest BCUT2D eigenvalue weighted by Crippen LogP contribution is -1.98. The van der Waals surface area contributed by atoms with Crippen molar-refractivity contribution >= 4 is 22.9 Å². The van der Waals surface area contributed by atoms with E-state index < -0.39 is 0 Å². The number of carbonyl (C=O) groups is 1. The number of ether oxygens (including phenoxy) is 1. The summed E-state index contributed by atoms with van der Waals surface area (Å²) in [5.41, 5.74) is 1.57. The summed E-state index contributed by atoms with van der Waals surface area (Å²) in [6.07, 6.45) is 6.36. The number of nitrogens with zero attached hydrogens (tertiary/aromatic N) is 2. The quantitative estimate of drug-likeness (QED) is 0.625. The van der Waals surface area contributed by atoms with E-state index in [4.69, 9.17) is 4.74 Å². The molecule has 2 rings (SSSR count). The summed E-state index contributed by atoms with van der Waals surface area (Å²) in [4.78, 5) is 15.2. The number of pyridine rings is 1. The van der Waals surface area contributed by atoms with Gasteiger partial charge < -0.3 is 4.74 Å². The van der Waals surface area contributed by atoms with Crippen LogP contribution in [0.1, 0.15) is 12.6 Å². The molecule has 2 aromatic heterocycles. The van der Waals surface area contributed by atoms with E-state index in [0.29, 0.717) is 12.3 Å². The summed E-state index contributed by atoms with van der Waals surface area (Å²) in [6, 6.07) is 1.84. The third-order valence-corrected chi connectivity index (χ3v) is 2.02. The van der Waals surface area contributed by atoms with Gasteiger partial charge in [0.05, 0.1) is 30.2 Å². The molecule has 0 atom stereocenters. The van der Waals surface area contributed by atoms with Crippen LogP contribution in [0.4, 0.5) is 0 Å². The van der Waals surface area contributed by atoms with Crippen molar-refractivity contribution in [2.75, 3.05) is 6.61 Å². The van der Waals surface area contributed by atoms with Gasteiger partial charge in [0.2, 0.25) is 0 Å². The molecule has 0 saturated heterocycles. The summed E-state index contributed by atoms with van der Waals surface area (Å²) >= 11 is 0. The fourth-order valence-corrected chi connectivity index (χ4v) is 1.29. The zero-order chi connectivity index (χ0) is 11.4. The average molecular weight is 217 g/mol. The standard InChI is InChI=1S/C11H11N3O2/c1-2-16-11(15)4-3-9-5-8-6-13-14-10(8)7-12-9/h3-7H,2H2,1H3,(H,13,14). The Bertz CT molecular complexity index is 531. The number of hydrogen-bond donors (Lipinski definition) is 1. The van der Waals surface area contributed by atoms with Crippen LogP contribution in [0.25, 0.3) is 17.0 Å². The number of hydrogen-bond acceptors (Lipinski definition) is 4. The maximum Gasteiger partial charge on any atom is 0.330 e. The molecule has 82 valence electrons. The Hall–Kier alpha value is -2.17. The molecule has 0 fully saturated rings. The Morgan fingerprint density at radius 1 is 1.56 bits per heavy atom. The second-order valence-electron chi connectivity index (χ2n) is 3.15. The number of fused-ring (bicyclic) bond motifs is 1. The van der Waals surface area contributed by atoms with Crippen LogP contribution in [0.2, 0.25) is 0 Å². The highest BCUT2D eigenvalue weighted by Gasteiger charge is 1.98. The molecule has 0 aliphatic heterocycles. The maximum absolute atomic E-state index is 11.1. The summed E-state index contributed by atoms with van der Waals surface area (Å²) in [6.45, 7) is 2.14. The van der Waals surface area contributed by atoms with Crippen LogP contribution in [0.15, 0.2) is 24.5 Å². The van der Waals surface area contributed by atoms with E-state index in [1.54, 1.807) is 25.4 Å². The molecule has 5 heteroatoms. The lowest BCUT2D eigenvalue weighted by atomic mass is 10.2. The lowest BCUT2D eigenvalue weighted by Gasteiger charge is -1.95. The van der Waals surface area contributed by atoms with Crippen molar-refractivity contribution in [2.45, 2.75) is 6.92 Å². The van der Waals surface area contributed by atoms with Crippen molar-refractivity contribution in [3.8, 4) is 0 Å². The third kappa shape index (κ3) is 2.25. The van der Waals surface area contributed by atoms with Gasteiger partial charge in [-0.25, -0.2) is 4.79 Å². The van der Waals surface area contributed by atoms with Gasteiger partial charge >= 0.3 is 5.97 Å². The smallest absolute Gasteiger partial charge is 0.330 e. The van der Waals surface area contributed by atoms with E-state index in [-0.39, 0.29) is 5.97 Å². The van der Waals surface area contributed by atoms with Crippen molar-refractivity contribution < 1.29 is 9.53 Å². The lowest BCUT2D eigenvalue weighted by molar-refractivity contribution is -0.137. The maximum atomic E-state index is 11.1. The molecular weight excluding hydrogens is 206 g/mol. The Morgan fingerprint density at radius 2 is 2.44 bits per heavy atom. The van der Waals surface area contributed by atoms with E-state index >= 15 is 0 Å². The van der Waals surface area contributed by atoms with Gasteiger partial charge in [-0.05, 0) is 19.1 Å². The minimum atomic E-state index is -0.364. The van der Waals surface area contributed by atoms with Crippen molar-refractivity contribution in [2.24, 2.45) is 0 Å². The van der Waals surface area contributed by atoms with Crippen molar-refractivity contribution in [3.05, 3.63) is 30.2 Å². The topological polar surface area (TPSA) is 67.9 Å². The minimum Gasteiger partial charge on any atom is -0.463 e. The van der Waals surface area contributed by atoms with Gasteiger partial charge in [-0.3, -0.25) is 10.1 Å². The fraction of sp³-hybridized carbons (Fsp3) is 0.182. The molecule has 0 bridgehead atoms. The molecule has 2 aromatic rings. The van der Waals surface area contributed by atoms with Gasteiger partial charge in [-0.1, -0.05) is 0 Å². The molecule has 0 amide bonds. The molecule has 2 heterocycles. The normalized spacial score (nSPS) is 11.1. The monoisotopic (exact) mass is 217 g/mol. The molecule has 0 aromatic carbocycles. The predicted octanol–water partition coefficient (Wildman–Crippen LogP) is 1.53. The van der Waals surface area contributed by atoms with Crippen LogP contribution in [0, 0.1) is 0 Å². The van der Waals surface area contributed by atoms with E-state index in [0.717, 1.165) is 10.9 Å². The first-order valence-electron chi connectivity index (χ1n) is 4.93. The Morgan fingerprint density at radius 3 is 3.25 bits per heavy atom. The first-order chi connectivity index (χ1) is 7.79. The van der Waals surface area contributed by atoms with Crippen LogP contribution in [-0.4, -0.2) is 27.8 Å². The van der Waals surface area contributed by atoms with Gasteiger partial charge in [0.1, 0.15) is 0 Å². The molecule has 0 spiro atoms. The zero-order valence-electron chi connectivity index (χ0n) is 8.80. The highest BCUT2D eigenvalue weighted by atomic mass is 16.5. The Balaban J connectivity index is 2.17. The minimum absolute atomic E-state index is 0.364. The fourth-order valence-electron chi connectivity index (χ4n) is 1.29. The second-order valence-corrected chi connectivity index (χ2v) is 3.15. The van der Waals surface area contributed by atoms with Crippen molar-refractivity contribution in [1.29, 1.82) is 0 Å². The van der Waals surface area contributed by atoms with Crippen LogP contribution >= 0.6 is 0 Å². The van der Waals surface area contributed by atoms with Crippen molar-refractivity contribution in [3.63, 3.8) is 0 Å². The molecule has 5 nitrogen and oxygen atoms in total.